The van der Waals surface area contributed by atoms with Crippen molar-refractivity contribution in [2.24, 2.45) is 0 Å². The summed E-state index contributed by atoms with van der Waals surface area (Å²) < 4.78 is 31.9. The van der Waals surface area contributed by atoms with Crippen molar-refractivity contribution in [1.29, 1.82) is 0 Å². The number of ether oxygens (including phenoxy) is 1. The number of carbonyl (C=O) groups excluding carboxylic acids is 2. The molecule has 0 bridgehead atoms. The molecule has 2 aromatic rings. The van der Waals surface area contributed by atoms with E-state index in [9.17, 15) is 18.0 Å². The van der Waals surface area contributed by atoms with Gasteiger partial charge in [0, 0.05) is 17.6 Å². The second-order valence-electron chi connectivity index (χ2n) is 9.59. The SMILES string of the molecule is COc1cccc(CN(C(=O)CN(c2ccc(Cl)cc2C)S(C)(=O)=O)C(C)C(=O)NC2CCCCC2)c1. The number of hydrogen-bond acceptors (Lipinski definition) is 5. The average Bonchev–Trinajstić information content (AvgIpc) is 2.86. The van der Waals surface area contributed by atoms with E-state index in [4.69, 9.17) is 16.3 Å². The van der Waals surface area contributed by atoms with Crippen LogP contribution >= 0.6 is 11.6 Å². The number of benzene rings is 2. The van der Waals surface area contributed by atoms with E-state index >= 15 is 0 Å². The molecule has 3 rings (SSSR count). The maximum Gasteiger partial charge on any atom is 0.244 e. The molecule has 1 saturated carbocycles. The monoisotopic (exact) mass is 549 g/mol. The van der Waals surface area contributed by atoms with E-state index in [1.54, 1.807) is 51.3 Å². The van der Waals surface area contributed by atoms with Gasteiger partial charge in [0.15, 0.2) is 0 Å². The summed E-state index contributed by atoms with van der Waals surface area (Å²) in [6.45, 7) is 3.07. The fourth-order valence-electron chi connectivity index (χ4n) is 4.61. The third kappa shape index (κ3) is 7.85. The Morgan fingerprint density at radius 2 is 1.84 bits per heavy atom. The lowest BCUT2D eigenvalue weighted by atomic mass is 9.95. The molecule has 1 N–H and O–H groups in total. The molecule has 1 aliphatic rings. The van der Waals surface area contributed by atoms with Crippen LogP contribution in [0.5, 0.6) is 5.75 Å². The molecule has 0 saturated heterocycles. The van der Waals surface area contributed by atoms with E-state index in [0.717, 1.165) is 48.2 Å². The molecular weight excluding hydrogens is 514 g/mol. The van der Waals surface area contributed by atoms with Gasteiger partial charge >= 0.3 is 0 Å². The van der Waals surface area contributed by atoms with Gasteiger partial charge in [-0.15, -0.1) is 0 Å². The molecule has 8 nitrogen and oxygen atoms in total. The first-order valence-electron chi connectivity index (χ1n) is 12.5. The summed E-state index contributed by atoms with van der Waals surface area (Å²) in [5.41, 5.74) is 1.74. The molecule has 1 fully saturated rings. The summed E-state index contributed by atoms with van der Waals surface area (Å²) in [5.74, 6) is -0.121. The Hall–Kier alpha value is -2.78. The number of anilines is 1. The van der Waals surface area contributed by atoms with Gasteiger partial charge in [0.2, 0.25) is 21.8 Å². The van der Waals surface area contributed by atoms with Gasteiger partial charge in [-0.05, 0) is 68.1 Å². The molecule has 1 unspecified atom stereocenters. The number of sulfonamides is 1. The molecule has 0 heterocycles. The Morgan fingerprint density at radius 1 is 1.14 bits per heavy atom. The molecule has 202 valence electrons. The average molecular weight is 550 g/mol. The maximum absolute atomic E-state index is 13.7. The van der Waals surface area contributed by atoms with E-state index in [1.807, 2.05) is 12.1 Å². The predicted molar refractivity (Wildman–Crippen MR) is 146 cm³/mol. The van der Waals surface area contributed by atoms with Gasteiger partial charge in [0.1, 0.15) is 18.3 Å². The number of halogens is 1. The van der Waals surface area contributed by atoms with Gasteiger partial charge in [-0.2, -0.15) is 0 Å². The Bertz CT molecular complexity index is 1210. The van der Waals surface area contributed by atoms with Crippen LogP contribution in [0.25, 0.3) is 0 Å². The minimum atomic E-state index is -3.81. The van der Waals surface area contributed by atoms with Crippen LogP contribution in [0, 0.1) is 6.92 Å². The quantitative estimate of drug-likeness (QED) is 0.477. The molecule has 1 aliphatic carbocycles. The van der Waals surface area contributed by atoms with Crippen molar-refractivity contribution in [3.8, 4) is 5.75 Å². The number of aryl methyl sites for hydroxylation is 1. The van der Waals surface area contributed by atoms with Crippen LogP contribution < -0.4 is 14.4 Å². The molecule has 10 heteroatoms. The topological polar surface area (TPSA) is 96.0 Å². The van der Waals surface area contributed by atoms with Crippen molar-refractivity contribution >= 4 is 39.1 Å². The number of rotatable bonds is 10. The number of amides is 2. The van der Waals surface area contributed by atoms with Crippen LogP contribution in [0.3, 0.4) is 0 Å². The van der Waals surface area contributed by atoms with Crippen molar-refractivity contribution in [3.05, 3.63) is 58.6 Å². The van der Waals surface area contributed by atoms with E-state index in [1.165, 1.54) is 4.90 Å². The highest BCUT2D eigenvalue weighted by Crippen LogP contribution is 2.26. The summed E-state index contributed by atoms with van der Waals surface area (Å²) in [7, 11) is -2.26. The fourth-order valence-corrected chi connectivity index (χ4v) is 5.75. The Labute approximate surface area is 225 Å². The minimum absolute atomic E-state index is 0.0849. The van der Waals surface area contributed by atoms with Crippen LogP contribution in [0.1, 0.15) is 50.2 Å². The molecule has 0 aliphatic heterocycles. The first-order valence-corrected chi connectivity index (χ1v) is 14.7. The third-order valence-electron chi connectivity index (χ3n) is 6.71. The summed E-state index contributed by atoms with van der Waals surface area (Å²) >= 11 is 6.07. The first-order chi connectivity index (χ1) is 17.5. The minimum Gasteiger partial charge on any atom is -0.497 e. The van der Waals surface area contributed by atoms with E-state index in [2.05, 4.69) is 5.32 Å². The maximum atomic E-state index is 13.7. The van der Waals surface area contributed by atoms with Gasteiger partial charge in [-0.25, -0.2) is 8.42 Å². The smallest absolute Gasteiger partial charge is 0.244 e. The predicted octanol–water partition coefficient (Wildman–Crippen LogP) is 4.29. The van der Waals surface area contributed by atoms with Crippen LogP contribution in [0.15, 0.2) is 42.5 Å². The van der Waals surface area contributed by atoms with Gasteiger partial charge in [-0.1, -0.05) is 43.0 Å². The van der Waals surface area contributed by atoms with Gasteiger partial charge < -0.3 is 15.0 Å². The lowest BCUT2D eigenvalue weighted by Crippen LogP contribution is -2.53. The van der Waals surface area contributed by atoms with Crippen LogP contribution in [-0.4, -0.2) is 57.1 Å². The molecule has 2 aromatic carbocycles. The van der Waals surface area contributed by atoms with Crippen LogP contribution in [-0.2, 0) is 26.2 Å². The van der Waals surface area contributed by atoms with Crippen molar-refractivity contribution < 1.29 is 22.7 Å². The molecule has 1 atom stereocenters. The van der Waals surface area contributed by atoms with Crippen LogP contribution in [0.4, 0.5) is 5.69 Å². The van der Waals surface area contributed by atoms with Crippen molar-refractivity contribution in [1.82, 2.24) is 10.2 Å². The van der Waals surface area contributed by atoms with Gasteiger partial charge in [0.05, 0.1) is 19.1 Å². The highest BCUT2D eigenvalue weighted by atomic mass is 35.5. The highest BCUT2D eigenvalue weighted by Gasteiger charge is 2.31. The Morgan fingerprint density at radius 3 is 2.46 bits per heavy atom. The Kier molecular flexibility index (Phi) is 9.84. The van der Waals surface area contributed by atoms with Crippen molar-refractivity contribution in [3.63, 3.8) is 0 Å². The molecular formula is C27H36ClN3O5S. The zero-order chi connectivity index (χ0) is 27.2. The summed E-state index contributed by atoms with van der Waals surface area (Å²) in [6, 6.07) is 11.3. The largest absolute Gasteiger partial charge is 0.497 e. The third-order valence-corrected chi connectivity index (χ3v) is 8.07. The number of nitrogens with zero attached hydrogens (tertiary/aromatic N) is 2. The zero-order valence-electron chi connectivity index (χ0n) is 21.9. The van der Waals surface area contributed by atoms with E-state index in [-0.39, 0.29) is 18.5 Å². The normalized spacial score (nSPS) is 15.1. The molecule has 2 amide bonds. The lowest BCUT2D eigenvalue weighted by Gasteiger charge is -2.33. The van der Waals surface area contributed by atoms with Crippen LogP contribution in [0.2, 0.25) is 5.02 Å². The summed E-state index contributed by atoms with van der Waals surface area (Å²) in [6.07, 6.45) is 6.18. The standard InChI is InChI=1S/C27H36ClN3O5S/c1-19-15-22(28)13-14-25(19)31(37(4,34)35)18-26(32)30(17-21-9-8-12-24(16-21)36-3)20(2)27(33)29-23-10-6-5-7-11-23/h8-9,12-16,20,23H,5-7,10-11,17-18H2,1-4H3,(H,29,33). The lowest BCUT2D eigenvalue weighted by molar-refractivity contribution is -0.139. The van der Waals surface area contributed by atoms with Crippen molar-refractivity contribution in [2.75, 3.05) is 24.2 Å². The number of nitrogens with one attached hydrogen (secondary N) is 1. The second-order valence-corrected chi connectivity index (χ2v) is 11.9. The molecule has 0 radical (unpaired) electrons. The highest BCUT2D eigenvalue weighted by molar-refractivity contribution is 7.92. The number of hydrogen-bond donors (Lipinski definition) is 1. The van der Waals surface area contributed by atoms with Gasteiger partial charge in [0.25, 0.3) is 0 Å². The summed E-state index contributed by atoms with van der Waals surface area (Å²) in [5, 5.41) is 3.56. The molecule has 37 heavy (non-hydrogen) atoms. The zero-order valence-corrected chi connectivity index (χ0v) is 23.4. The number of methoxy groups -OCH3 is 1. The number of carbonyl (C=O) groups is 2. The van der Waals surface area contributed by atoms with Crippen molar-refractivity contribution in [2.45, 2.75) is 64.6 Å². The molecule has 0 spiro atoms. The van der Waals surface area contributed by atoms with E-state index < -0.39 is 28.5 Å². The fraction of sp³-hybridized carbons (Fsp3) is 0.481. The Balaban J connectivity index is 1.90. The summed E-state index contributed by atoms with van der Waals surface area (Å²) in [4.78, 5) is 28.4. The van der Waals surface area contributed by atoms with Gasteiger partial charge in [-0.3, -0.25) is 13.9 Å². The second kappa shape index (κ2) is 12.6. The first kappa shape index (κ1) is 28.8. The molecule has 0 aromatic heterocycles. The van der Waals surface area contributed by atoms with E-state index in [0.29, 0.717) is 22.0 Å².